The van der Waals surface area contributed by atoms with Gasteiger partial charge in [0.25, 0.3) is 0 Å². The van der Waals surface area contributed by atoms with E-state index in [4.69, 9.17) is 18.9 Å². The molecule has 0 bridgehead atoms. The van der Waals surface area contributed by atoms with E-state index in [1.807, 2.05) is 18.2 Å². The summed E-state index contributed by atoms with van der Waals surface area (Å²) in [6.07, 6.45) is 0.969. The van der Waals surface area contributed by atoms with Gasteiger partial charge in [-0.15, -0.1) is 0 Å². The van der Waals surface area contributed by atoms with Crippen molar-refractivity contribution in [2.24, 2.45) is 0 Å². The predicted molar refractivity (Wildman–Crippen MR) is 117 cm³/mol. The van der Waals surface area contributed by atoms with Gasteiger partial charge in [-0.3, -0.25) is 0 Å². The van der Waals surface area contributed by atoms with E-state index in [2.05, 4.69) is 53.8 Å². The molecule has 0 fully saturated rings. The van der Waals surface area contributed by atoms with Crippen molar-refractivity contribution >= 4 is 0 Å². The van der Waals surface area contributed by atoms with Crippen molar-refractivity contribution in [3.63, 3.8) is 0 Å². The largest absolute Gasteiger partial charge is 0.493 e. The molecule has 0 amide bonds. The molecule has 30 heavy (non-hydrogen) atoms. The first kappa shape index (κ1) is 20.1. The highest BCUT2D eigenvalue weighted by Crippen LogP contribution is 2.37. The first-order valence-electron chi connectivity index (χ1n) is 10.1. The average Bonchev–Trinajstić information content (AvgIpc) is 3.27. The Hall–Kier alpha value is -3.18. The third kappa shape index (κ3) is 4.52. The van der Waals surface area contributed by atoms with Crippen LogP contribution in [0.3, 0.4) is 0 Å². The molecule has 0 radical (unpaired) electrons. The molecule has 5 heteroatoms. The van der Waals surface area contributed by atoms with E-state index < -0.39 is 0 Å². The van der Waals surface area contributed by atoms with Crippen LogP contribution in [-0.4, -0.2) is 27.6 Å². The molecule has 0 aliphatic carbocycles. The monoisotopic (exact) mass is 405 g/mol. The second kappa shape index (κ2) is 9.55. The molecular formula is C25H27NO4. The summed E-state index contributed by atoms with van der Waals surface area (Å²) in [5.74, 6) is 3.41. The minimum atomic E-state index is 0.276. The fourth-order valence-electron chi connectivity index (χ4n) is 3.81. The molecule has 1 heterocycles. The summed E-state index contributed by atoms with van der Waals surface area (Å²) < 4.78 is 21.8. The van der Waals surface area contributed by atoms with Gasteiger partial charge in [0.05, 0.1) is 14.2 Å². The van der Waals surface area contributed by atoms with E-state index in [0.717, 1.165) is 48.1 Å². The van der Waals surface area contributed by atoms with Gasteiger partial charge in [0, 0.05) is 12.5 Å². The Balaban J connectivity index is 1.43. The molecule has 5 nitrogen and oxygen atoms in total. The van der Waals surface area contributed by atoms with E-state index in [-0.39, 0.29) is 5.92 Å². The summed E-state index contributed by atoms with van der Waals surface area (Å²) in [5.41, 5.74) is 3.69. The van der Waals surface area contributed by atoms with Gasteiger partial charge in [-0.05, 0) is 53.9 Å². The summed E-state index contributed by atoms with van der Waals surface area (Å²) in [7, 11) is 3.31. The number of nitrogens with one attached hydrogen (secondary N) is 1. The van der Waals surface area contributed by atoms with Crippen molar-refractivity contribution < 1.29 is 18.9 Å². The summed E-state index contributed by atoms with van der Waals surface area (Å²) in [6, 6.07) is 22.9. The van der Waals surface area contributed by atoms with Gasteiger partial charge < -0.3 is 24.3 Å². The lowest BCUT2D eigenvalue weighted by molar-refractivity contribution is 0.174. The molecule has 1 aliphatic rings. The average molecular weight is 405 g/mol. The molecule has 1 aliphatic heterocycles. The Kier molecular flexibility index (Phi) is 6.40. The van der Waals surface area contributed by atoms with Crippen LogP contribution in [0.2, 0.25) is 0 Å². The maximum Gasteiger partial charge on any atom is 0.231 e. The number of rotatable bonds is 9. The normalized spacial score (nSPS) is 13.1. The molecule has 0 unspecified atom stereocenters. The van der Waals surface area contributed by atoms with Gasteiger partial charge in [0.2, 0.25) is 6.79 Å². The minimum absolute atomic E-state index is 0.276. The molecule has 0 spiro atoms. The van der Waals surface area contributed by atoms with Crippen LogP contribution in [0.4, 0.5) is 0 Å². The second-order valence-corrected chi connectivity index (χ2v) is 7.23. The molecule has 0 saturated heterocycles. The fourth-order valence-corrected chi connectivity index (χ4v) is 3.81. The summed E-state index contributed by atoms with van der Waals surface area (Å²) >= 11 is 0. The van der Waals surface area contributed by atoms with Crippen LogP contribution in [0.25, 0.3) is 0 Å². The van der Waals surface area contributed by atoms with E-state index in [1.54, 1.807) is 14.2 Å². The van der Waals surface area contributed by atoms with Crippen LogP contribution < -0.4 is 24.3 Å². The summed E-state index contributed by atoms with van der Waals surface area (Å²) in [5, 5.41) is 3.56. The van der Waals surface area contributed by atoms with Crippen molar-refractivity contribution in [2.75, 3.05) is 27.6 Å². The maximum absolute atomic E-state index is 5.59. The molecular weight excluding hydrogens is 378 g/mol. The highest BCUT2D eigenvalue weighted by molar-refractivity contribution is 5.47. The van der Waals surface area contributed by atoms with Crippen molar-refractivity contribution in [3.8, 4) is 23.0 Å². The van der Waals surface area contributed by atoms with E-state index >= 15 is 0 Å². The lowest BCUT2D eigenvalue weighted by Crippen LogP contribution is -2.18. The summed E-state index contributed by atoms with van der Waals surface area (Å²) in [4.78, 5) is 0. The first-order valence-corrected chi connectivity index (χ1v) is 10.1. The summed E-state index contributed by atoms with van der Waals surface area (Å²) in [6.45, 7) is 1.94. The van der Waals surface area contributed by atoms with Gasteiger partial charge in [-0.1, -0.05) is 42.5 Å². The number of ether oxygens (including phenoxy) is 4. The number of hydrogen-bond acceptors (Lipinski definition) is 5. The number of fused-ring (bicyclic) bond motifs is 1. The maximum atomic E-state index is 5.59. The lowest BCUT2D eigenvalue weighted by Gasteiger charge is -2.19. The third-order valence-corrected chi connectivity index (χ3v) is 5.39. The quantitative estimate of drug-likeness (QED) is 0.521. The van der Waals surface area contributed by atoms with Crippen molar-refractivity contribution in [2.45, 2.75) is 18.9 Å². The SMILES string of the molecule is COc1ccc(CNCC[C@@H](c2ccccc2)c2ccc3c(c2)OCO3)cc1OC. The Morgan fingerprint density at radius 3 is 2.43 bits per heavy atom. The highest BCUT2D eigenvalue weighted by Gasteiger charge is 2.19. The van der Waals surface area contributed by atoms with Crippen LogP contribution in [-0.2, 0) is 6.54 Å². The van der Waals surface area contributed by atoms with Crippen LogP contribution in [0, 0.1) is 0 Å². The molecule has 1 N–H and O–H groups in total. The number of hydrogen-bond donors (Lipinski definition) is 1. The molecule has 4 rings (SSSR count). The standard InChI is InChI=1S/C25H27NO4/c1-27-22-10-8-18(14-24(22)28-2)16-26-13-12-21(19-6-4-3-5-7-19)20-9-11-23-25(15-20)30-17-29-23/h3-11,14-15,21,26H,12-13,16-17H2,1-2H3/t21-/m0/s1. The molecule has 3 aromatic carbocycles. The van der Waals surface area contributed by atoms with Crippen molar-refractivity contribution in [1.82, 2.24) is 5.32 Å². The molecule has 0 aromatic heterocycles. The lowest BCUT2D eigenvalue weighted by atomic mass is 9.88. The second-order valence-electron chi connectivity index (χ2n) is 7.23. The molecule has 3 aromatic rings. The smallest absolute Gasteiger partial charge is 0.231 e. The number of methoxy groups -OCH3 is 2. The molecule has 0 saturated carbocycles. The Labute approximate surface area is 177 Å². The zero-order valence-electron chi connectivity index (χ0n) is 17.4. The number of benzene rings is 3. The fraction of sp³-hybridized carbons (Fsp3) is 0.280. The van der Waals surface area contributed by atoms with Crippen LogP contribution in [0.1, 0.15) is 29.0 Å². The van der Waals surface area contributed by atoms with E-state index in [9.17, 15) is 0 Å². The van der Waals surface area contributed by atoms with Crippen molar-refractivity contribution in [3.05, 3.63) is 83.4 Å². The molecule has 156 valence electrons. The van der Waals surface area contributed by atoms with E-state index in [0.29, 0.717) is 6.79 Å². The van der Waals surface area contributed by atoms with E-state index in [1.165, 1.54) is 11.1 Å². The zero-order valence-corrected chi connectivity index (χ0v) is 17.4. The van der Waals surface area contributed by atoms with Gasteiger partial charge >= 0.3 is 0 Å². The van der Waals surface area contributed by atoms with Crippen LogP contribution >= 0.6 is 0 Å². The molecule has 1 atom stereocenters. The Bertz CT molecular complexity index is 974. The van der Waals surface area contributed by atoms with Crippen LogP contribution in [0.15, 0.2) is 66.7 Å². The minimum Gasteiger partial charge on any atom is -0.493 e. The van der Waals surface area contributed by atoms with Gasteiger partial charge in [-0.25, -0.2) is 0 Å². The Morgan fingerprint density at radius 2 is 1.63 bits per heavy atom. The highest BCUT2D eigenvalue weighted by atomic mass is 16.7. The van der Waals surface area contributed by atoms with Gasteiger partial charge in [0.15, 0.2) is 23.0 Å². The topological polar surface area (TPSA) is 49.0 Å². The zero-order chi connectivity index (χ0) is 20.8. The Morgan fingerprint density at radius 1 is 0.833 bits per heavy atom. The first-order chi connectivity index (χ1) is 14.8. The van der Waals surface area contributed by atoms with Crippen LogP contribution in [0.5, 0.6) is 23.0 Å². The van der Waals surface area contributed by atoms with Gasteiger partial charge in [-0.2, -0.15) is 0 Å². The van der Waals surface area contributed by atoms with Gasteiger partial charge in [0.1, 0.15) is 0 Å². The predicted octanol–water partition coefficient (Wildman–Crippen LogP) is 4.74. The van der Waals surface area contributed by atoms with Crippen molar-refractivity contribution in [1.29, 1.82) is 0 Å². The third-order valence-electron chi connectivity index (χ3n) is 5.39.